The van der Waals surface area contributed by atoms with Gasteiger partial charge in [0.05, 0.1) is 0 Å². The van der Waals surface area contributed by atoms with Gasteiger partial charge in [0.1, 0.15) is 18.2 Å². The van der Waals surface area contributed by atoms with Crippen LogP contribution in [0.25, 0.3) is 0 Å². The highest BCUT2D eigenvalue weighted by Gasteiger charge is 2.11. The molecule has 0 spiro atoms. The summed E-state index contributed by atoms with van der Waals surface area (Å²) in [6.07, 6.45) is 0. The van der Waals surface area contributed by atoms with E-state index in [0.29, 0.717) is 21.4 Å². The number of benzene rings is 2. The number of rotatable bonds is 4. The average molecular weight is 314 g/mol. The second kappa shape index (κ2) is 6.44. The van der Waals surface area contributed by atoms with Crippen LogP contribution in [-0.2, 0) is 6.61 Å². The molecule has 2 aromatic carbocycles. The van der Waals surface area contributed by atoms with Crippen molar-refractivity contribution in [3.63, 3.8) is 0 Å². The largest absolute Gasteiger partial charge is 0.489 e. The topological polar surface area (TPSA) is 35.2 Å². The normalized spacial score (nSPS) is 12.2. The molecule has 0 aliphatic carbocycles. The molecule has 2 nitrogen and oxygen atoms in total. The molecule has 106 valence electrons. The molecule has 1 atom stereocenters. The first-order valence-corrected chi connectivity index (χ1v) is 6.84. The highest BCUT2D eigenvalue weighted by Crippen LogP contribution is 2.27. The zero-order valence-electron chi connectivity index (χ0n) is 10.9. The van der Waals surface area contributed by atoms with Gasteiger partial charge in [0.25, 0.3) is 0 Å². The molecule has 0 heterocycles. The highest BCUT2D eigenvalue weighted by molar-refractivity contribution is 6.33. The van der Waals surface area contributed by atoms with Crippen LogP contribution in [0.3, 0.4) is 0 Å². The maximum Gasteiger partial charge on any atom is 0.124 e. The molecule has 2 aromatic rings. The first-order valence-electron chi connectivity index (χ1n) is 6.09. The van der Waals surface area contributed by atoms with Gasteiger partial charge in [-0.05, 0) is 43.3 Å². The van der Waals surface area contributed by atoms with E-state index < -0.39 is 0 Å². The van der Waals surface area contributed by atoms with E-state index >= 15 is 0 Å². The first-order chi connectivity index (χ1) is 9.47. The number of nitrogens with two attached hydrogens (primary N) is 1. The molecule has 0 aliphatic rings. The lowest BCUT2D eigenvalue weighted by molar-refractivity contribution is 0.301. The SMILES string of the molecule is C[C@@H](N)c1cc(F)ccc1OCc1cc(Cl)ccc1Cl. The van der Waals surface area contributed by atoms with E-state index in [-0.39, 0.29) is 18.5 Å². The quantitative estimate of drug-likeness (QED) is 0.885. The van der Waals surface area contributed by atoms with Gasteiger partial charge in [0.2, 0.25) is 0 Å². The van der Waals surface area contributed by atoms with Crippen molar-refractivity contribution in [3.8, 4) is 5.75 Å². The van der Waals surface area contributed by atoms with Gasteiger partial charge in [0, 0.05) is 27.2 Å². The monoisotopic (exact) mass is 313 g/mol. The lowest BCUT2D eigenvalue weighted by Gasteiger charge is -2.14. The van der Waals surface area contributed by atoms with E-state index in [1.165, 1.54) is 12.1 Å². The molecule has 20 heavy (non-hydrogen) atoms. The van der Waals surface area contributed by atoms with E-state index in [0.717, 1.165) is 5.56 Å². The smallest absolute Gasteiger partial charge is 0.124 e. The van der Waals surface area contributed by atoms with Gasteiger partial charge in [-0.15, -0.1) is 0 Å². The van der Waals surface area contributed by atoms with Crippen molar-refractivity contribution >= 4 is 23.2 Å². The van der Waals surface area contributed by atoms with Gasteiger partial charge >= 0.3 is 0 Å². The van der Waals surface area contributed by atoms with Crippen molar-refractivity contribution < 1.29 is 9.13 Å². The van der Waals surface area contributed by atoms with Crippen LogP contribution < -0.4 is 10.5 Å². The van der Waals surface area contributed by atoms with Gasteiger partial charge in [-0.25, -0.2) is 4.39 Å². The van der Waals surface area contributed by atoms with Crippen molar-refractivity contribution in [2.45, 2.75) is 19.6 Å². The fraction of sp³-hybridized carbons (Fsp3) is 0.200. The zero-order valence-corrected chi connectivity index (χ0v) is 12.4. The molecule has 0 aliphatic heterocycles. The predicted octanol–water partition coefficient (Wildman–Crippen LogP) is 4.73. The number of hydrogen-bond acceptors (Lipinski definition) is 2. The maximum atomic E-state index is 13.2. The molecular formula is C15H14Cl2FNO. The van der Waals surface area contributed by atoms with E-state index in [4.69, 9.17) is 33.7 Å². The Bertz CT molecular complexity index is 617. The molecule has 0 radical (unpaired) electrons. The summed E-state index contributed by atoms with van der Waals surface area (Å²) < 4.78 is 18.9. The minimum absolute atomic E-state index is 0.241. The lowest BCUT2D eigenvalue weighted by atomic mass is 10.1. The van der Waals surface area contributed by atoms with Crippen molar-refractivity contribution in [3.05, 3.63) is 63.4 Å². The molecule has 0 amide bonds. The van der Waals surface area contributed by atoms with Gasteiger partial charge in [-0.2, -0.15) is 0 Å². The Morgan fingerprint density at radius 3 is 2.65 bits per heavy atom. The van der Waals surface area contributed by atoms with Crippen LogP contribution in [0.1, 0.15) is 24.1 Å². The Morgan fingerprint density at radius 2 is 1.95 bits per heavy atom. The second-order valence-electron chi connectivity index (χ2n) is 4.50. The number of ether oxygens (including phenoxy) is 1. The molecule has 5 heteroatoms. The third-order valence-corrected chi connectivity index (χ3v) is 3.46. The second-order valence-corrected chi connectivity index (χ2v) is 5.34. The van der Waals surface area contributed by atoms with Crippen LogP contribution >= 0.6 is 23.2 Å². The summed E-state index contributed by atoms with van der Waals surface area (Å²) in [5.41, 5.74) is 7.19. The van der Waals surface area contributed by atoms with Crippen molar-refractivity contribution in [1.82, 2.24) is 0 Å². The lowest BCUT2D eigenvalue weighted by Crippen LogP contribution is -2.08. The fourth-order valence-electron chi connectivity index (χ4n) is 1.82. The van der Waals surface area contributed by atoms with Crippen LogP contribution in [0.4, 0.5) is 4.39 Å². The first kappa shape index (κ1) is 15.1. The summed E-state index contributed by atoms with van der Waals surface area (Å²) in [6, 6.07) is 9.10. The van der Waals surface area contributed by atoms with E-state index in [9.17, 15) is 4.39 Å². The Hall–Kier alpha value is -1.29. The summed E-state index contributed by atoms with van der Waals surface area (Å²) >= 11 is 12.0. The van der Waals surface area contributed by atoms with Crippen LogP contribution in [0.15, 0.2) is 36.4 Å². The summed E-state index contributed by atoms with van der Waals surface area (Å²) in [6.45, 7) is 2.01. The maximum absolute atomic E-state index is 13.2. The van der Waals surface area contributed by atoms with E-state index in [1.54, 1.807) is 31.2 Å². The Labute approximate surface area is 127 Å². The van der Waals surface area contributed by atoms with Gasteiger partial charge < -0.3 is 10.5 Å². The molecule has 0 aromatic heterocycles. The van der Waals surface area contributed by atoms with Crippen molar-refractivity contribution in [2.75, 3.05) is 0 Å². The molecule has 2 N–H and O–H groups in total. The van der Waals surface area contributed by atoms with Crippen LogP contribution in [-0.4, -0.2) is 0 Å². The highest BCUT2D eigenvalue weighted by atomic mass is 35.5. The average Bonchev–Trinajstić information content (AvgIpc) is 2.40. The van der Waals surface area contributed by atoms with Gasteiger partial charge in [-0.3, -0.25) is 0 Å². The summed E-state index contributed by atoms with van der Waals surface area (Å²) in [4.78, 5) is 0. The predicted molar refractivity (Wildman–Crippen MR) is 79.8 cm³/mol. The molecule has 2 rings (SSSR count). The van der Waals surface area contributed by atoms with Crippen molar-refractivity contribution in [1.29, 1.82) is 0 Å². The Morgan fingerprint density at radius 1 is 1.20 bits per heavy atom. The Balaban J connectivity index is 2.20. The number of hydrogen-bond donors (Lipinski definition) is 1. The molecule has 0 saturated heterocycles. The van der Waals surface area contributed by atoms with Crippen LogP contribution in [0.2, 0.25) is 10.0 Å². The standard InChI is InChI=1S/C15H14Cl2FNO/c1-9(19)13-7-12(18)3-5-15(13)20-8-10-6-11(16)2-4-14(10)17/h2-7,9H,8,19H2,1H3/t9-/m1/s1. The van der Waals surface area contributed by atoms with Crippen LogP contribution in [0.5, 0.6) is 5.75 Å². The minimum atomic E-state index is -0.342. The van der Waals surface area contributed by atoms with Crippen molar-refractivity contribution in [2.24, 2.45) is 5.73 Å². The van der Waals surface area contributed by atoms with E-state index in [2.05, 4.69) is 0 Å². The fourth-order valence-corrected chi connectivity index (χ4v) is 2.18. The summed E-state index contributed by atoms with van der Waals surface area (Å²) in [7, 11) is 0. The summed E-state index contributed by atoms with van der Waals surface area (Å²) in [5, 5.41) is 1.15. The van der Waals surface area contributed by atoms with Crippen LogP contribution in [0, 0.1) is 5.82 Å². The van der Waals surface area contributed by atoms with Gasteiger partial charge in [-0.1, -0.05) is 23.2 Å². The Kier molecular flexibility index (Phi) is 4.86. The number of halogens is 3. The third-order valence-electron chi connectivity index (χ3n) is 2.85. The molecule has 0 saturated carbocycles. The molecule has 0 unspecified atom stereocenters. The third kappa shape index (κ3) is 3.63. The zero-order chi connectivity index (χ0) is 14.7. The van der Waals surface area contributed by atoms with Gasteiger partial charge in [0.15, 0.2) is 0 Å². The summed E-state index contributed by atoms with van der Waals surface area (Å²) in [5.74, 6) is 0.197. The minimum Gasteiger partial charge on any atom is -0.489 e. The molecular weight excluding hydrogens is 300 g/mol. The molecule has 0 fully saturated rings. The molecule has 0 bridgehead atoms. The van der Waals surface area contributed by atoms with E-state index in [1.807, 2.05) is 0 Å².